The smallest absolute Gasteiger partial charge is 0.322 e. The van der Waals surface area contributed by atoms with Crippen molar-refractivity contribution in [2.24, 2.45) is 0 Å². The number of hydrogen-bond donors (Lipinski definition) is 2. The van der Waals surface area contributed by atoms with E-state index in [4.69, 9.17) is 9.84 Å². The van der Waals surface area contributed by atoms with Crippen LogP contribution in [0, 0.1) is 0 Å². The summed E-state index contributed by atoms with van der Waals surface area (Å²) in [6.07, 6.45) is 0. The van der Waals surface area contributed by atoms with Crippen LogP contribution >= 0.6 is 0 Å². The lowest BCUT2D eigenvalue weighted by atomic mass is 10.3. The molecule has 2 aromatic rings. The molecule has 0 unspecified atom stereocenters. The first-order chi connectivity index (χ1) is 10.4. The summed E-state index contributed by atoms with van der Waals surface area (Å²) in [6.45, 7) is -0.366. The molecular formula is C15H15NO5S. The van der Waals surface area contributed by atoms with E-state index in [1.165, 1.54) is 31.4 Å². The minimum atomic E-state index is -3.75. The highest BCUT2D eigenvalue weighted by Crippen LogP contribution is 2.28. The maximum absolute atomic E-state index is 12.7. The molecule has 7 heteroatoms. The number of carboxylic acid groups (broad SMARTS) is 1. The van der Waals surface area contributed by atoms with E-state index in [0.29, 0.717) is 5.75 Å². The highest BCUT2D eigenvalue weighted by atomic mass is 32.2. The van der Waals surface area contributed by atoms with Crippen molar-refractivity contribution in [1.29, 1.82) is 0 Å². The molecule has 0 aromatic heterocycles. The first kappa shape index (κ1) is 15.8. The van der Waals surface area contributed by atoms with Crippen LogP contribution in [0.1, 0.15) is 0 Å². The molecule has 0 aliphatic heterocycles. The van der Waals surface area contributed by atoms with Crippen molar-refractivity contribution in [1.82, 2.24) is 0 Å². The molecule has 116 valence electrons. The molecule has 0 amide bonds. The van der Waals surface area contributed by atoms with Gasteiger partial charge in [-0.2, -0.15) is 0 Å². The van der Waals surface area contributed by atoms with E-state index in [1.54, 1.807) is 24.3 Å². The second-order valence-corrected chi connectivity index (χ2v) is 6.34. The predicted octanol–water partition coefficient (Wildman–Crippen LogP) is 2.02. The third kappa shape index (κ3) is 3.37. The first-order valence-electron chi connectivity index (χ1n) is 6.39. The Hall–Kier alpha value is -2.54. The lowest BCUT2D eigenvalue weighted by molar-refractivity contribution is -0.134. The maximum Gasteiger partial charge on any atom is 0.322 e. The number of para-hydroxylation sites is 1. The molecule has 0 saturated carbocycles. The van der Waals surface area contributed by atoms with E-state index in [-0.39, 0.29) is 22.0 Å². The van der Waals surface area contributed by atoms with E-state index in [0.717, 1.165) is 0 Å². The zero-order valence-electron chi connectivity index (χ0n) is 11.8. The molecule has 22 heavy (non-hydrogen) atoms. The lowest BCUT2D eigenvalue weighted by Crippen LogP contribution is -2.15. The second-order valence-electron chi connectivity index (χ2n) is 4.42. The van der Waals surface area contributed by atoms with Gasteiger partial charge in [-0.05, 0) is 36.4 Å². The molecule has 0 atom stereocenters. The van der Waals surface area contributed by atoms with E-state index in [9.17, 15) is 13.2 Å². The van der Waals surface area contributed by atoms with Crippen LogP contribution in [0.25, 0.3) is 0 Å². The number of carbonyl (C=O) groups is 1. The summed E-state index contributed by atoms with van der Waals surface area (Å²) >= 11 is 0. The van der Waals surface area contributed by atoms with Gasteiger partial charge in [0.25, 0.3) is 0 Å². The Morgan fingerprint density at radius 2 is 1.77 bits per heavy atom. The molecule has 0 heterocycles. The molecule has 0 saturated heterocycles. The van der Waals surface area contributed by atoms with Crippen LogP contribution in [-0.4, -0.2) is 33.1 Å². The normalized spacial score (nSPS) is 11.0. The zero-order chi connectivity index (χ0) is 16.2. The van der Waals surface area contributed by atoms with Crippen molar-refractivity contribution in [3.8, 4) is 5.75 Å². The summed E-state index contributed by atoms with van der Waals surface area (Å²) in [5, 5.41) is 11.3. The fourth-order valence-corrected chi connectivity index (χ4v) is 3.34. The third-order valence-electron chi connectivity index (χ3n) is 2.98. The Balaban J connectivity index is 2.42. The highest BCUT2D eigenvalue weighted by molar-refractivity contribution is 7.91. The Morgan fingerprint density at radius 3 is 2.36 bits per heavy atom. The lowest BCUT2D eigenvalue weighted by Gasteiger charge is -2.11. The summed E-state index contributed by atoms with van der Waals surface area (Å²) < 4.78 is 30.3. The van der Waals surface area contributed by atoms with Crippen LogP contribution in [-0.2, 0) is 14.6 Å². The number of methoxy groups -OCH3 is 1. The number of rotatable bonds is 6. The number of benzene rings is 2. The summed E-state index contributed by atoms with van der Waals surface area (Å²) in [5.41, 5.74) is 0.251. The fourth-order valence-electron chi connectivity index (χ4n) is 1.90. The number of carboxylic acids is 1. The monoisotopic (exact) mass is 321 g/mol. The van der Waals surface area contributed by atoms with Gasteiger partial charge in [-0.15, -0.1) is 0 Å². The van der Waals surface area contributed by atoms with Gasteiger partial charge >= 0.3 is 5.97 Å². The van der Waals surface area contributed by atoms with Gasteiger partial charge in [0.2, 0.25) is 9.84 Å². The average molecular weight is 321 g/mol. The highest BCUT2D eigenvalue weighted by Gasteiger charge is 2.21. The van der Waals surface area contributed by atoms with Crippen LogP contribution < -0.4 is 10.1 Å². The molecule has 2 rings (SSSR count). The molecule has 0 aliphatic carbocycles. The van der Waals surface area contributed by atoms with Gasteiger partial charge in [0.15, 0.2) is 0 Å². The number of sulfone groups is 1. The van der Waals surface area contributed by atoms with Crippen LogP contribution in [0.4, 0.5) is 5.69 Å². The summed E-state index contributed by atoms with van der Waals surface area (Å²) in [5.74, 6) is -0.520. The molecular weight excluding hydrogens is 306 g/mol. The quantitative estimate of drug-likeness (QED) is 0.845. The Bertz CT molecular complexity index is 769. The molecule has 6 nitrogen and oxygen atoms in total. The van der Waals surface area contributed by atoms with E-state index in [2.05, 4.69) is 5.32 Å². The van der Waals surface area contributed by atoms with Crippen LogP contribution in [0.3, 0.4) is 0 Å². The van der Waals surface area contributed by atoms with Gasteiger partial charge < -0.3 is 15.2 Å². The van der Waals surface area contributed by atoms with E-state index >= 15 is 0 Å². The predicted molar refractivity (Wildman–Crippen MR) is 81.0 cm³/mol. The number of hydrogen-bond acceptors (Lipinski definition) is 5. The minimum absolute atomic E-state index is 0.0291. The molecule has 0 spiro atoms. The molecule has 0 bridgehead atoms. The Labute approximate surface area is 128 Å². The van der Waals surface area contributed by atoms with Crippen LogP contribution in [0.2, 0.25) is 0 Å². The average Bonchev–Trinajstić information content (AvgIpc) is 2.53. The van der Waals surface area contributed by atoms with Crippen molar-refractivity contribution in [3.05, 3.63) is 48.5 Å². The van der Waals surface area contributed by atoms with Crippen LogP contribution in [0.5, 0.6) is 5.75 Å². The van der Waals surface area contributed by atoms with Crippen molar-refractivity contribution in [2.45, 2.75) is 9.79 Å². The summed E-state index contributed by atoms with van der Waals surface area (Å²) in [4.78, 5) is 10.8. The van der Waals surface area contributed by atoms with Gasteiger partial charge in [0.1, 0.15) is 12.3 Å². The van der Waals surface area contributed by atoms with E-state index < -0.39 is 15.8 Å². The van der Waals surface area contributed by atoms with Gasteiger partial charge in [0, 0.05) is 0 Å². The van der Waals surface area contributed by atoms with Crippen molar-refractivity contribution < 1.29 is 23.1 Å². The third-order valence-corrected chi connectivity index (χ3v) is 4.80. The van der Waals surface area contributed by atoms with Crippen molar-refractivity contribution in [3.63, 3.8) is 0 Å². The van der Waals surface area contributed by atoms with Crippen molar-refractivity contribution in [2.75, 3.05) is 19.0 Å². The number of nitrogens with one attached hydrogen (secondary N) is 1. The van der Waals surface area contributed by atoms with Gasteiger partial charge in [0.05, 0.1) is 22.6 Å². The zero-order valence-corrected chi connectivity index (χ0v) is 12.6. The van der Waals surface area contributed by atoms with Crippen molar-refractivity contribution >= 4 is 21.5 Å². The molecule has 0 fully saturated rings. The first-order valence-corrected chi connectivity index (χ1v) is 7.87. The summed E-state index contributed by atoms with van der Waals surface area (Å²) in [7, 11) is -2.26. The van der Waals surface area contributed by atoms with E-state index in [1.807, 2.05) is 0 Å². The number of ether oxygens (including phenoxy) is 1. The Kier molecular flexibility index (Phi) is 4.67. The van der Waals surface area contributed by atoms with Crippen LogP contribution in [0.15, 0.2) is 58.3 Å². The van der Waals surface area contributed by atoms with Gasteiger partial charge in [-0.25, -0.2) is 8.42 Å². The number of anilines is 1. The number of aliphatic carboxylic acids is 1. The SMILES string of the molecule is COc1ccc(S(=O)(=O)c2ccccc2NCC(=O)O)cc1. The Morgan fingerprint density at radius 1 is 1.14 bits per heavy atom. The maximum atomic E-state index is 12.7. The molecule has 2 aromatic carbocycles. The molecule has 0 radical (unpaired) electrons. The minimum Gasteiger partial charge on any atom is -0.497 e. The molecule has 0 aliphatic rings. The fraction of sp³-hybridized carbons (Fsp3) is 0.133. The largest absolute Gasteiger partial charge is 0.497 e. The molecule has 2 N–H and O–H groups in total. The summed E-state index contributed by atoms with van der Waals surface area (Å²) in [6, 6.07) is 12.2. The van der Waals surface area contributed by atoms with Gasteiger partial charge in [-0.1, -0.05) is 12.1 Å². The standard InChI is InChI=1S/C15H15NO5S/c1-21-11-6-8-12(9-7-11)22(19,20)14-5-3-2-4-13(14)16-10-15(17)18/h2-9,16H,10H2,1H3,(H,17,18). The second kappa shape index (κ2) is 6.48. The van der Waals surface area contributed by atoms with Gasteiger partial charge in [-0.3, -0.25) is 4.79 Å². The topological polar surface area (TPSA) is 92.7 Å².